The first-order valence-corrected chi connectivity index (χ1v) is 6.99. The molecule has 2 aromatic carbocycles. The van der Waals surface area contributed by atoms with E-state index in [1.165, 1.54) is 6.20 Å². The molecule has 0 unspecified atom stereocenters. The number of anilines is 1. The number of aromatic nitrogens is 1. The minimum atomic E-state index is 0.371. The fourth-order valence-corrected chi connectivity index (χ4v) is 2.41. The Morgan fingerprint density at radius 3 is 2.76 bits per heavy atom. The van der Waals surface area contributed by atoms with Crippen molar-refractivity contribution in [1.82, 2.24) is 4.98 Å². The molecule has 21 heavy (non-hydrogen) atoms. The topological polar surface area (TPSA) is 71.9 Å². The lowest BCUT2D eigenvalue weighted by molar-refractivity contribution is 0.488. The summed E-state index contributed by atoms with van der Waals surface area (Å²) < 4.78 is 6.76. The Hall–Kier alpha value is -2.58. The number of rotatable bonds is 2. The van der Waals surface area contributed by atoms with Crippen molar-refractivity contribution in [3.05, 3.63) is 58.7 Å². The highest BCUT2D eigenvalue weighted by molar-refractivity contribution is 9.10. The molecule has 0 aliphatic heterocycles. The van der Waals surface area contributed by atoms with Gasteiger partial charge in [-0.2, -0.15) is 5.26 Å². The number of para-hydroxylation sites is 1. The van der Waals surface area contributed by atoms with E-state index in [-0.39, 0.29) is 0 Å². The van der Waals surface area contributed by atoms with E-state index in [2.05, 4.69) is 27.0 Å². The third-order valence-electron chi connectivity index (χ3n) is 3.03. The Morgan fingerprint density at radius 2 is 2.00 bits per heavy atom. The first kappa shape index (κ1) is 13.4. The van der Waals surface area contributed by atoms with Crippen molar-refractivity contribution in [3.8, 4) is 17.6 Å². The summed E-state index contributed by atoms with van der Waals surface area (Å²) in [6, 6.07) is 15.0. The number of nitrogens with zero attached hydrogens (tertiary/aromatic N) is 2. The smallest absolute Gasteiger partial charge is 0.156 e. The molecular weight excluding hydrogens is 330 g/mol. The largest absolute Gasteiger partial charge is 0.453 e. The van der Waals surface area contributed by atoms with E-state index in [1.807, 2.05) is 30.3 Å². The summed E-state index contributed by atoms with van der Waals surface area (Å²) in [5.74, 6) is 0.975. The van der Waals surface area contributed by atoms with Crippen LogP contribution in [-0.2, 0) is 0 Å². The van der Waals surface area contributed by atoms with Crippen LogP contribution in [-0.4, -0.2) is 4.98 Å². The number of benzene rings is 2. The van der Waals surface area contributed by atoms with Gasteiger partial charge < -0.3 is 10.5 Å². The number of fused-ring (bicyclic) bond motifs is 1. The van der Waals surface area contributed by atoms with E-state index in [4.69, 9.17) is 10.5 Å². The third-order valence-corrected chi connectivity index (χ3v) is 3.52. The third kappa shape index (κ3) is 2.54. The van der Waals surface area contributed by atoms with Gasteiger partial charge in [0.1, 0.15) is 17.4 Å². The quantitative estimate of drug-likeness (QED) is 0.708. The summed E-state index contributed by atoms with van der Waals surface area (Å²) in [5.41, 5.74) is 7.58. The summed E-state index contributed by atoms with van der Waals surface area (Å²) in [6.07, 6.45) is 1.51. The average molecular weight is 340 g/mol. The van der Waals surface area contributed by atoms with E-state index in [0.717, 1.165) is 15.4 Å². The van der Waals surface area contributed by atoms with E-state index in [9.17, 15) is 5.26 Å². The molecule has 0 aliphatic carbocycles. The van der Waals surface area contributed by atoms with E-state index < -0.39 is 0 Å². The number of ether oxygens (including phenoxy) is 1. The van der Waals surface area contributed by atoms with Crippen LogP contribution in [0.15, 0.2) is 53.1 Å². The van der Waals surface area contributed by atoms with Crippen LogP contribution in [0, 0.1) is 11.3 Å². The van der Waals surface area contributed by atoms with Crippen LogP contribution in [0.3, 0.4) is 0 Å². The maximum atomic E-state index is 9.26. The van der Waals surface area contributed by atoms with Crippen molar-refractivity contribution in [3.63, 3.8) is 0 Å². The van der Waals surface area contributed by atoms with E-state index in [1.54, 1.807) is 12.1 Å². The van der Waals surface area contributed by atoms with Crippen LogP contribution in [0.2, 0.25) is 0 Å². The number of hydrogen-bond donors (Lipinski definition) is 1. The maximum Gasteiger partial charge on any atom is 0.156 e. The Kier molecular flexibility index (Phi) is 3.46. The Balaban J connectivity index is 2.17. The van der Waals surface area contributed by atoms with Gasteiger partial charge in [-0.05, 0) is 30.3 Å². The van der Waals surface area contributed by atoms with Gasteiger partial charge in [-0.25, -0.2) is 0 Å². The molecule has 102 valence electrons. The molecule has 1 aromatic heterocycles. The van der Waals surface area contributed by atoms with Gasteiger partial charge in [0.05, 0.1) is 11.2 Å². The standard InChI is InChI=1S/C16H10BrN3O/c17-11-5-6-15(13(19)7-11)21-16-10(8-18)9-20-14-4-2-1-3-12(14)16/h1-7,9H,19H2. The van der Waals surface area contributed by atoms with Crippen molar-refractivity contribution in [2.24, 2.45) is 0 Å². The van der Waals surface area contributed by atoms with Crippen molar-refractivity contribution >= 4 is 32.5 Å². The molecule has 3 rings (SSSR count). The minimum absolute atomic E-state index is 0.371. The molecule has 0 bridgehead atoms. The number of nitriles is 1. The number of hydrogen-bond acceptors (Lipinski definition) is 4. The molecule has 0 amide bonds. The van der Waals surface area contributed by atoms with Crippen molar-refractivity contribution in [2.75, 3.05) is 5.73 Å². The zero-order valence-electron chi connectivity index (χ0n) is 10.9. The Bertz CT molecular complexity index is 871. The molecule has 2 N–H and O–H groups in total. The number of pyridine rings is 1. The van der Waals surface area contributed by atoms with Crippen LogP contribution >= 0.6 is 15.9 Å². The van der Waals surface area contributed by atoms with Crippen LogP contribution < -0.4 is 10.5 Å². The number of nitrogen functional groups attached to an aromatic ring is 1. The zero-order chi connectivity index (χ0) is 14.8. The van der Waals surface area contributed by atoms with Gasteiger partial charge in [0.15, 0.2) is 5.75 Å². The second-order valence-corrected chi connectivity index (χ2v) is 5.33. The molecule has 0 atom stereocenters. The Morgan fingerprint density at radius 1 is 1.19 bits per heavy atom. The molecule has 0 saturated carbocycles. The van der Waals surface area contributed by atoms with Gasteiger partial charge in [0.25, 0.3) is 0 Å². The van der Waals surface area contributed by atoms with E-state index >= 15 is 0 Å². The molecule has 4 nitrogen and oxygen atoms in total. The fraction of sp³-hybridized carbons (Fsp3) is 0. The van der Waals surface area contributed by atoms with Crippen molar-refractivity contribution in [1.29, 1.82) is 5.26 Å². The lowest BCUT2D eigenvalue weighted by atomic mass is 10.1. The predicted molar refractivity (Wildman–Crippen MR) is 85.1 cm³/mol. The van der Waals surface area contributed by atoms with Crippen molar-refractivity contribution < 1.29 is 4.74 Å². The maximum absolute atomic E-state index is 9.26. The van der Waals surface area contributed by atoms with Crippen LogP contribution in [0.1, 0.15) is 5.56 Å². The van der Waals surface area contributed by atoms with Crippen LogP contribution in [0.5, 0.6) is 11.5 Å². The molecule has 0 fully saturated rings. The van der Waals surface area contributed by atoms with Gasteiger partial charge in [-0.15, -0.1) is 0 Å². The van der Waals surface area contributed by atoms with Gasteiger partial charge in [0, 0.05) is 16.1 Å². The Labute approximate surface area is 129 Å². The number of halogens is 1. The SMILES string of the molecule is N#Cc1cnc2ccccc2c1Oc1ccc(Br)cc1N. The second kappa shape index (κ2) is 5.43. The zero-order valence-corrected chi connectivity index (χ0v) is 12.5. The monoisotopic (exact) mass is 339 g/mol. The van der Waals surface area contributed by atoms with E-state index in [0.29, 0.717) is 22.7 Å². The molecule has 1 heterocycles. The molecular formula is C16H10BrN3O. The lowest BCUT2D eigenvalue weighted by Gasteiger charge is -2.12. The van der Waals surface area contributed by atoms with Crippen molar-refractivity contribution in [2.45, 2.75) is 0 Å². The van der Waals surface area contributed by atoms with Crippen LogP contribution in [0.4, 0.5) is 5.69 Å². The average Bonchev–Trinajstić information content (AvgIpc) is 2.50. The number of nitrogens with two attached hydrogens (primary N) is 1. The minimum Gasteiger partial charge on any atom is -0.453 e. The molecule has 0 aliphatic rings. The summed E-state index contributed by atoms with van der Waals surface area (Å²) in [4.78, 5) is 4.25. The molecule has 3 aromatic rings. The van der Waals surface area contributed by atoms with Gasteiger partial charge in [0.2, 0.25) is 0 Å². The first-order chi connectivity index (χ1) is 10.2. The highest BCUT2D eigenvalue weighted by atomic mass is 79.9. The predicted octanol–water partition coefficient (Wildman–Crippen LogP) is 4.24. The molecule has 0 radical (unpaired) electrons. The van der Waals surface area contributed by atoms with Gasteiger partial charge in [-0.3, -0.25) is 4.98 Å². The first-order valence-electron chi connectivity index (χ1n) is 6.20. The summed E-state index contributed by atoms with van der Waals surface area (Å²) in [6.45, 7) is 0. The molecule has 0 saturated heterocycles. The van der Waals surface area contributed by atoms with Gasteiger partial charge in [-0.1, -0.05) is 28.1 Å². The van der Waals surface area contributed by atoms with Crippen LogP contribution in [0.25, 0.3) is 10.9 Å². The summed E-state index contributed by atoms with van der Waals surface area (Å²) in [5, 5.41) is 10.0. The highest BCUT2D eigenvalue weighted by Gasteiger charge is 2.12. The lowest BCUT2D eigenvalue weighted by Crippen LogP contribution is -1.95. The van der Waals surface area contributed by atoms with Gasteiger partial charge >= 0.3 is 0 Å². The summed E-state index contributed by atoms with van der Waals surface area (Å²) >= 11 is 3.35. The normalized spacial score (nSPS) is 10.3. The fourth-order valence-electron chi connectivity index (χ4n) is 2.03. The second-order valence-electron chi connectivity index (χ2n) is 4.41. The highest BCUT2D eigenvalue weighted by Crippen LogP contribution is 2.35. The molecule has 5 heteroatoms. The molecule has 0 spiro atoms. The summed E-state index contributed by atoms with van der Waals surface area (Å²) in [7, 11) is 0.